The standard InChI is InChI=1S/C24H24ClN3O4/c1-23(2,3)28-20(30)16-17(21(28)31)24(14-6-4-5-7-15(14)26-22(24)32)27-18(16)19(29)12-8-10-13(25)11-9-12/h4-11,16-19,27,29H,1-3H3,(H,26,32)/t16-,17-,18-,19-,24-/m0/s1. The van der Waals surface area contributed by atoms with Crippen molar-refractivity contribution in [1.82, 2.24) is 10.2 Å². The van der Waals surface area contributed by atoms with E-state index in [-0.39, 0.29) is 5.91 Å². The zero-order valence-corrected chi connectivity index (χ0v) is 18.7. The summed E-state index contributed by atoms with van der Waals surface area (Å²) < 4.78 is 0. The lowest BCUT2D eigenvalue weighted by Gasteiger charge is -2.35. The molecule has 7 nitrogen and oxygen atoms in total. The van der Waals surface area contributed by atoms with Gasteiger partial charge in [-0.05, 0) is 44.5 Å². The zero-order chi connectivity index (χ0) is 23.0. The van der Waals surface area contributed by atoms with Crippen LogP contribution in [-0.2, 0) is 19.9 Å². The van der Waals surface area contributed by atoms with Crippen LogP contribution >= 0.6 is 11.6 Å². The number of carbonyl (C=O) groups excluding carboxylic acids is 3. The van der Waals surface area contributed by atoms with E-state index < -0.39 is 46.9 Å². The molecule has 0 unspecified atom stereocenters. The topological polar surface area (TPSA) is 98.7 Å². The molecule has 2 fully saturated rings. The van der Waals surface area contributed by atoms with Gasteiger partial charge in [0.05, 0.1) is 24.0 Å². The lowest BCUT2D eigenvalue weighted by atomic mass is 9.76. The van der Waals surface area contributed by atoms with Crippen LogP contribution in [0.2, 0.25) is 5.02 Å². The van der Waals surface area contributed by atoms with Gasteiger partial charge in [0.15, 0.2) is 0 Å². The molecule has 3 aliphatic heterocycles. The van der Waals surface area contributed by atoms with Crippen molar-refractivity contribution in [3.05, 3.63) is 64.7 Å². The molecule has 2 aromatic rings. The second-order valence-electron chi connectivity index (χ2n) is 9.66. The summed E-state index contributed by atoms with van der Waals surface area (Å²) in [6, 6.07) is 13.0. The third-order valence-corrected chi connectivity index (χ3v) is 7.03. The molecular weight excluding hydrogens is 430 g/mol. The van der Waals surface area contributed by atoms with E-state index in [1.165, 1.54) is 4.90 Å². The van der Waals surface area contributed by atoms with Crippen molar-refractivity contribution in [2.45, 2.75) is 44.0 Å². The van der Waals surface area contributed by atoms with E-state index in [0.717, 1.165) is 0 Å². The molecule has 0 radical (unpaired) electrons. The summed E-state index contributed by atoms with van der Waals surface area (Å²) in [4.78, 5) is 42.0. The molecule has 2 aromatic carbocycles. The van der Waals surface area contributed by atoms with Crippen molar-refractivity contribution >= 4 is 35.0 Å². The third kappa shape index (κ3) is 2.71. The normalized spacial score (nSPS) is 30.0. The van der Waals surface area contributed by atoms with E-state index in [4.69, 9.17) is 11.6 Å². The average Bonchev–Trinajstić information content (AvgIpc) is 3.32. The number of nitrogens with one attached hydrogen (secondary N) is 2. The van der Waals surface area contributed by atoms with Crippen LogP contribution < -0.4 is 10.6 Å². The second-order valence-corrected chi connectivity index (χ2v) is 10.1. The lowest BCUT2D eigenvalue weighted by Crippen LogP contribution is -2.56. The first-order valence-corrected chi connectivity index (χ1v) is 11.0. The zero-order valence-electron chi connectivity index (χ0n) is 17.9. The number of hydrogen-bond acceptors (Lipinski definition) is 5. The lowest BCUT2D eigenvalue weighted by molar-refractivity contribution is -0.148. The van der Waals surface area contributed by atoms with Crippen LogP contribution in [0.1, 0.15) is 38.0 Å². The largest absolute Gasteiger partial charge is 0.387 e. The van der Waals surface area contributed by atoms with Gasteiger partial charge in [0.25, 0.3) is 0 Å². The number of carbonyl (C=O) groups is 3. The Morgan fingerprint density at radius 1 is 1.03 bits per heavy atom. The second kappa shape index (κ2) is 6.88. The SMILES string of the molecule is CC(C)(C)N1C(=O)[C@@H]2[C@@H]([C@@H](O)c3ccc(Cl)cc3)N[C@]3(C(=O)Nc4ccccc43)[C@@H]2C1=O. The van der Waals surface area contributed by atoms with Crippen LogP contribution in [0.15, 0.2) is 48.5 Å². The molecule has 5 atom stereocenters. The molecule has 0 saturated carbocycles. The fourth-order valence-corrected chi connectivity index (χ4v) is 5.61. The average molecular weight is 454 g/mol. The number of likely N-dealkylation sites (tertiary alicyclic amines) is 1. The smallest absolute Gasteiger partial charge is 0.250 e. The summed E-state index contributed by atoms with van der Waals surface area (Å²) in [5.74, 6) is -3.05. The van der Waals surface area contributed by atoms with Crippen LogP contribution in [0.25, 0.3) is 0 Å². The molecule has 3 N–H and O–H groups in total. The van der Waals surface area contributed by atoms with Gasteiger partial charge in [-0.3, -0.25) is 24.6 Å². The van der Waals surface area contributed by atoms with E-state index in [1.54, 1.807) is 69.3 Å². The number of halogens is 1. The Kier molecular flexibility index (Phi) is 4.54. The minimum absolute atomic E-state index is 0.382. The first kappa shape index (κ1) is 21.1. The molecule has 3 heterocycles. The Balaban J connectivity index is 1.68. The number of imide groups is 1. The first-order valence-electron chi connectivity index (χ1n) is 10.6. The van der Waals surface area contributed by atoms with Gasteiger partial charge in [0, 0.05) is 21.8 Å². The molecule has 0 aliphatic carbocycles. The molecule has 1 spiro atoms. The molecule has 3 amide bonds. The number of benzene rings is 2. The maximum absolute atomic E-state index is 13.7. The third-order valence-electron chi connectivity index (χ3n) is 6.78. The maximum Gasteiger partial charge on any atom is 0.250 e. The molecule has 8 heteroatoms. The molecule has 32 heavy (non-hydrogen) atoms. The van der Waals surface area contributed by atoms with Gasteiger partial charge in [-0.15, -0.1) is 0 Å². The van der Waals surface area contributed by atoms with E-state index in [0.29, 0.717) is 21.8 Å². The minimum atomic E-state index is -1.44. The van der Waals surface area contributed by atoms with Gasteiger partial charge < -0.3 is 10.4 Å². The van der Waals surface area contributed by atoms with Gasteiger partial charge in [-0.1, -0.05) is 41.9 Å². The van der Waals surface area contributed by atoms with E-state index >= 15 is 0 Å². The molecule has 0 bridgehead atoms. The number of aliphatic hydroxyl groups excluding tert-OH is 1. The number of aliphatic hydroxyl groups is 1. The van der Waals surface area contributed by atoms with Gasteiger partial charge in [0.2, 0.25) is 17.7 Å². The van der Waals surface area contributed by atoms with E-state index in [9.17, 15) is 19.5 Å². The van der Waals surface area contributed by atoms with E-state index in [2.05, 4.69) is 10.6 Å². The van der Waals surface area contributed by atoms with Gasteiger partial charge in [-0.25, -0.2) is 0 Å². The van der Waals surface area contributed by atoms with Crippen LogP contribution in [0, 0.1) is 11.8 Å². The Hall–Kier alpha value is -2.74. The van der Waals surface area contributed by atoms with E-state index in [1.807, 2.05) is 0 Å². The van der Waals surface area contributed by atoms with Gasteiger partial charge >= 0.3 is 0 Å². The highest BCUT2D eigenvalue weighted by molar-refractivity contribution is 6.30. The van der Waals surface area contributed by atoms with Crippen molar-refractivity contribution in [3.63, 3.8) is 0 Å². The summed E-state index contributed by atoms with van der Waals surface area (Å²) in [5, 5.41) is 17.9. The summed E-state index contributed by atoms with van der Waals surface area (Å²) in [7, 11) is 0. The summed E-state index contributed by atoms with van der Waals surface area (Å²) in [6.45, 7) is 5.37. The van der Waals surface area contributed by atoms with Crippen LogP contribution in [0.4, 0.5) is 5.69 Å². The fourth-order valence-electron chi connectivity index (χ4n) is 5.49. The van der Waals surface area contributed by atoms with Crippen LogP contribution in [0.5, 0.6) is 0 Å². The Labute approximate surface area is 190 Å². The number of hydrogen-bond donors (Lipinski definition) is 3. The van der Waals surface area contributed by atoms with Crippen molar-refractivity contribution in [1.29, 1.82) is 0 Å². The first-order chi connectivity index (χ1) is 15.1. The predicted octanol–water partition coefficient (Wildman–Crippen LogP) is 2.59. The molecule has 0 aromatic heterocycles. The number of para-hydroxylation sites is 1. The minimum Gasteiger partial charge on any atom is -0.387 e. The summed E-state index contributed by atoms with van der Waals surface area (Å²) in [6.07, 6.45) is -1.13. The highest BCUT2D eigenvalue weighted by Gasteiger charge is 2.72. The van der Waals surface area contributed by atoms with Crippen molar-refractivity contribution in [2.75, 3.05) is 5.32 Å². The molecule has 2 saturated heterocycles. The number of rotatable bonds is 2. The van der Waals surface area contributed by atoms with Crippen LogP contribution in [-0.4, -0.2) is 39.3 Å². The van der Waals surface area contributed by atoms with Crippen LogP contribution in [0.3, 0.4) is 0 Å². The molecule has 5 rings (SSSR count). The monoisotopic (exact) mass is 453 g/mol. The fraction of sp³-hybridized carbons (Fsp3) is 0.375. The number of fused-ring (bicyclic) bond motifs is 4. The van der Waals surface area contributed by atoms with Crippen molar-refractivity contribution < 1.29 is 19.5 Å². The maximum atomic E-state index is 13.7. The predicted molar refractivity (Wildman–Crippen MR) is 119 cm³/mol. The number of nitrogens with zero attached hydrogens (tertiary/aromatic N) is 1. The number of amides is 3. The van der Waals surface area contributed by atoms with Crippen molar-refractivity contribution in [3.8, 4) is 0 Å². The molecule has 3 aliphatic rings. The van der Waals surface area contributed by atoms with Crippen molar-refractivity contribution in [2.24, 2.45) is 11.8 Å². The summed E-state index contributed by atoms with van der Waals surface area (Å²) >= 11 is 5.99. The Morgan fingerprint density at radius 2 is 1.69 bits per heavy atom. The molecular formula is C24H24ClN3O4. The highest BCUT2D eigenvalue weighted by Crippen LogP contribution is 2.55. The quantitative estimate of drug-likeness (QED) is 0.607. The Bertz CT molecular complexity index is 1140. The van der Waals surface area contributed by atoms with Gasteiger partial charge in [0.1, 0.15) is 5.54 Å². The number of anilines is 1. The Morgan fingerprint density at radius 3 is 2.34 bits per heavy atom. The van der Waals surface area contributed by atoms with Gasteiger partial charge in [-0.2, -0.15) is 0 Å². The highest BCUT2D eigenvalue weighted by atomic mass is 35.5. The molecule has 166 valence electrons. The summed E-state index contributed by atoms with van der Waals surface area (Å²) in [5.41, 5.74) is -0.442.